The van der Waals surface area contributed by atoms with Gasteiger partial charge in [-0.1, -0.05) is 30.3 Å². The predicted octanol–water partition coefficient (Wildman–Crippen LogP) is 2.38. The summed E-state index contributed by atoms with van der Waals surface area (Å²) in [5.41, 5.74) is 0.684. The van der Waals surface area contributed by atoms with Crippen molar-refractivity contribution in [1.82, 2.24) is 9.80 Å². The summed E-state index contributed by atoms with van der Waals surface area (Å²) in [6.07, 6.45) is 1.24. The largest absolute Gasteiger partial charge is 0.444 e. The number of likely N-dealkylation sites (tertiary alicyclic amines) is 1. The molecule has 0 spiro atoms. The van der Waals surface area contributed by atoms with Crippen LogP contribution in [0.4, 0.5) is 4.79 Å². The molecule has 4 unspecified atom stereocenters. The van der Waals surface area contributed by atoms with Gasteiger partial charge in [-0.05, 0) is 45.6 Å². The molecule has 2 fully saturated rings. The van der Waals surface area contributed by atoms with Gasteiger partial charge in [-0.2, -0.15) is 0 Å². The Labute approximate surface area is 161 Å². The van der Waals surface area contributed by atoms with E-state index in [4.69, 9.17) is 4.74 Å². The number of aliphatic hydroxyl groups is 2. The maximum Gasteiger partial charge on any atom is 0.410 e. The van der Waals surface area contributed by atoms with Gasteiger partial charge in [0.15, 0.2) is 0 Å². The van der Waals surface area contributed by atoms with Crippen LogP contribution < -0.4 is 0 Å². The van der Waals surface area contributed by atoms with Crippen molar-refractivity contribution in [3.8, 4) is 0 Å². The van der Waals surface area contributed by atoms with Crippen molar-refractivity contribution < 1.29 is 19.7 Å². The summed E-state index contributed by atoms with van der Waals surface area (Å²) < 4.78 is 5.65. The van der Waals surface area contributed by atoms with Crippen LogP contribution in [-0.2, 0) is 11.3 Å². The van der Waals surface area contributed by atoms with Gasteiger partial charge in [0.25, 0.3) is 0 Å². The van der Waals surface area contributed by atoms with E-state index in [-0.39, 0.29) is 30.8 Å². The number of carbonyl (C=O) groups excluding carboxylic acids is 1. The summed E-state index contributed by atoms with van der Waals surface area (Å²) in [7, 11) is 0. The second-order valence-electron chi connectivity index (χ2n) is 8.74. The Bertz CT molecular complexity index is 631. The first-order chi connectivity index (χ1) is 12.8. The van der Waals surface area contributed by atoms with E-state index in [9.17, 15) is 15.0 Å². The number of hydrogen-bond donors (Lipinski definition) is 2. The van der Waals surface area contributed by atoms with Crippen molar-refractivity contribution in [3.63, 3.8) is 0 Å². The highest BCUT2D eigenvalue weighted by Crippen LogP contribution is 2.37. The second-order valence-corrected chi connectivity index (χ2v) is 8.74. The lowest BCUT2D eigenvalue weighted by Crippen LogP contribution is -2.62. The number of carbonyl (C=O) groups is 1. The molecule has 6 nitrogen and oxygen atoms in total. The van der Waals surface area contributed by atoms with Crippen molar-refractivity contribution in [3.05, 3.63) is 35.9 Å². The third-order valence-electron chi connectivity index (χ3n) is 5.46. The van der Waals surface area contributed by atoms with E-state index in [1.54, 1.807) is 0 Å². The highest BCUT2D eigenvalue weighted by molar-refractivity contribution is 5.70. The topological polar surface area (TPSA) is 73.2 Å². The van der Waals surface area contributed by atoms with E-state index in [1.807, 2.05) is 43.9 Å². The lowest BCUT2D eigenvalue weighted by Gasteiger charge is -2.47. The Morgan fingerprint density at radius 2 is 1.96 bits per heavy atom. The minimum Gasteiger partial charge on any atom is -0.444 e. The van der Waals surface area contributed by atoms with Crippen LogP contribution in [0.1, 0.15) is 45.6 Å². The van der Waals surface area contributed by atoms with Gasteiger partial charge >= 0.3 is 6.09 Å². The summed E-state index contributed by atoms with van der Waals surface area (Å²) in [6, 6.07) is 10.4. The number of nitrogens with zero attached hydrogens (tertiary/aromatic N) is 2. The second kappa shape index (κ2) is 8.17. The quantitative estimate of drug-likeness (QED) is 0.825. The van der Waals surface area contributed by atoms with E-state index in [2.05, 4.69) is 17.0 Å². The fourth-order valence-electron chi connectivity index (χ4n) is 4.38. The van der Waals surface area contributed by atoms with Gasteiger partial charge in [-0.25, -0.2) is 4.79 Å². The number of benzene rings is 1. The summed E-state index contributed by atoms with van der Waals surface area (Å²) in [5.74, 6) is 0. The zero-order chi connectivity index (χ0) is 19.6. The molecule has 2 N–H and O–H groups in total. The molecule has 6 heteroatoms. The Hall–Kier alpha value is -1.63. The molecule has 27 heavy (non-hydrogen) atoms. The van der Waals surface area contributed by atoms with Crippen LogP contribution in [0.3, 0.4) is 0 Å². The lowest BCUT2D eigenvalue weighted by atomic mass is 9.96. The maximum absolute atomic E-state index is 12.8. The SMILES string of the molecule is CC(C)(C)OC(=O)N1C2CCC1C(CC(O)CO)N(Cc1ccccc1)C2. The van der Waals surface area contributed by atoms with Crippen LogP contribution in [0.5, 0.6) is 0 Å². The summed E-state index contributed by atoms with van der Waals surface area (Å²) >= 11 is 0. The molecular formula is C21H32N2O4. The molecular weight excluding hydrogens is 344 g/mol. The van der Waals surface area contributed by atoms with E-state index in [0.717, 1.165) is 25.9 Å². The fraction of sp³-hybridized carbons (Fsp3) is 0.667. The first kappa shape index (κ1) is 20.1. The highest BCUT2D eigenvalue weighted by atomic mass is 16.6. The van der Waals surface area contributed by atoms with E-state index in [0.29, 0.717) is 6.42 Å². The van der Waals surface area contributed by atoms with E-state index < -0.39 is 11.7 Å². The van der Waals surface area contributed by atoms with E-state index >= 15 is 0 Å². The average Bonchev–Trinajstić information content (AvgIpc) is 2.94. The number of rotatable bonds is 5. The van der Waals surface area contributed by atoms with Crippen molar-refractivity contribution in [2.24, 2.45) is 0 Å². The van der Waals surface area contributed by atoms with Crippen molar-refractivity contribution in [2.75, 3.05) is 13.2 Å². The van der Waals surface area contributed by atoms with Crippen molar-refractivity contribution in [1.29, 1.82) is 0 Å². The molecule has 0 saturated carbocycles. The minimum absolute atomic E-state index is 0.00127. The number of ether oxygens (including phenoxy) is 1. The highest BCUT2D eigenvalue weighted by Gasteiger charge is 2.49. The molecule has 2 aliphatic heterocycles. The van der Waals surface area contributed by atoms with Gasteiger partial charge < -0.3 is 14.9 Å². The Morgan fingerprint density at radius 1 is 1.26 bits per heavy atom. The predicted molar refractivity (Wildman–Crippen MR) is 103 cm³/mol. The van der Waals surface area contributed by atoms with Crippen molar-refractivity contribution >= 4 is 6.09 Å². The average molecular weight is 376 g/mol. The van der Waals surface area contributed by atoms with Crippen LogP contribution in [0.2, 0.25) is 0 Å². The number of aliphatic hydroxyl groups excluding tert-OH is 2. The molecule has 4 atom stereocenters. The van der Waals surface area contributed by atoms with Crippen LogP contribution in [0.15, 0.2) is 30.3 Å². The number of hydrogen-bond acceptors (Lipinski definition) is 5. The van der Waals surface area contributed by atoms with Crippen LogP contribution in [-0.4, -0.2) is 69.1 Å². The molecule has 1 aromatic carbocycles. The molecule has 1 aromatic rings. The zero-order valence-electron chi connectivity index (χ0n) is 16.5. The molecule has 1 amide bonds. The molecule has 2 bridgehead atoms. The van der Waals surface area contributed by atoms with Gasteiger partial charge in [-0.15, -0.1) is 0 Å². The summed E-state index contributed by atoms with van der Waals surface area (Å²) in [6.45, 7) is 6.91. The smallest absolute Gasteiger partial charge is 0.410 e. The first-order valence-corrected chi connectivity index (χ1v) is 9.86. The van der Waals surface area contributed by atoms with E-state index in [1.165, 1.54) is 5.56 Å². The van der Waals surface area contributed by atoms with Gasteiger partial charge in [0.2, 0.25) is 0 Å². The van der Waals surface area contributed by atoms with Crippen molar-refractivity contribution in [2.45, 2.75) is 76.4 Å². The molecule has 3 rings (SSSR count). The summed E-state index contributed by atoms with van der Waals surface area (Å²) in [5, 5.41) is 19.5. The molecule has 0 radical (unpaired) electrons. The normalized spacial score (nSPS) is 26.9. The lowest BCUT2D eigenvalue weighted by molar-refractivity contribution is -0.0385. The van der Waals surface area contributed by atoms with Crippen LogP contribution in [0.25, 0.3) is 0 Å². The molecule has 2 heterocycles. The maximum atomic E-state index is 12.8. The number of fused-ring (bicyclic) bond motifs is 2. The molecule has 2 saturated heterocycles. The third kappa shape index (κ3) is 4.81. The van der Waals surface area contributed by atoms with Gasteiger partial charge in [0.05, 0.1) is 18.8 Å². The van der Waals surface area contributed by atoms with Crippen LogP contribution >= 0.6 is 0 Å². The summed E-state index contributed by atoms with van der Waals surface area (Å²) in [4.78, 5) is 17.1. The first-order valence-electron chi connectivity index (χ1n) is 9.86. The molecule has 0 aromatic heterocycles. The van der Waals surface area contributed by atoms with Crippen LogP contribution in [0, 0.1) is 0 Å². The number of amides is 1. The Balaban J connectivity index is 1.80. The fourth-order valence-corrected chi connectivity index (χ4v) is 4.38. The monoisotopic (exact) mass is 376 g/mol. The standard InChI is InChI=1S/C21H32N2O4/c1-21(2,3)27-20(26)23-16-9-10-18(23)19(11-17(25)14-24)22(13-16)12-15-7-5-4-6-8-15/h4-8,16-19,24-25H,9-14H2,1-3H3. The van der Waals surface area contributed by atoms with Gasteiger partial charge in [-0.3, -0.25) is 9.80 Å². The Kier molecular flexibility index (Phi) is 6.08. The third-order valence-corrected chi connectivity index (χ3v) is 5.46. The zero-order valence-corrected chi connectivity index (χ0v) is 16.5. The molecule has 2 aliphatic rings. The number of piperazine rings is 1. The molecule has 0 aliphatic carbocycles. The Morgan fingerprint density at radius 3 is 2.59 bits per heavy atom. The van der Waals surface area contributed by atoms with Gasteiger partial charge in [0.1, 0.15) is 5.60 Å². The minimum atomic E-state index is -0.786. The molecule has 150 valence electrons. The van der Waals surface area contributed by atoms with Gasteiger partial charge in [0, 0.05) is 25.2 Å².